The third-order valence-electron chi connectivity index (χ3n) is 2.01. The molecule has 0 aromatic rings. The maximum atomic E-state index is 11.1. The number of amides is 1. The molecule has 11 heavy (non-hydrogen) atoms. The van der Waals surface area contributed by atoms with Crippen molar-refractivity contribution in [3.8, 4) is 0 Å². The number of ether oxygens (including phenoxy) is 1. The van der Waals surface area contributed by atoms with Crippen molar-refractivity contribution in [3.63, 3.8) is 0 Å². The van der Waals surface area contributed by atoms with Crippen LogP contribution in [0.1, 0.15) is 26.7 Å². The fourth-order valence-electron chi connectivity index (χ4n) is 1.33. The summed E-state index contributed by atoms with van der Waals surface area (Å²) in [7, 11) is 1.64. The van der Waals surface area contributed by atoms with Gasteiger partial charge in [0, 0.05) is 7.05 Å². The van der Waals surface area contributed by atoms with Crippen LogP contribution in [0.4, 0.5) is 0 Å². The molecule has 0 saturated carbocycles. The van der Waals surface area contributed by atoms with Crippen LogP contribution in [0.3, 0.4) is 0 Å². The van der Waals surface area contributed by atoms with Crippen molar-refractivity contribution in [1.82, 2.24) is 5.32 Å². The summed E-state index contributed by atoms with van der Waals surface area (Å²) in [6, 6.07) is 0. The standard InChI is InChI=1S/C8H15NO2/c1-8(2)5-4-6(11-8)7(10)9-3/h6H,4-5H2,1-3H3,(H,9,10). The van der Waals surface area contributed by atoms with Crippen molar-refractivity contribution in [2.45, 2.75) is 38.4 Å². The number of likely N-dealkylation sites (N-methyl/N-ethyl adjacent to an activating group) is 1. The zero-order valence-electron chi connectivity index (χ0n) is 7.31. The second kappa shape index (κ2) is 2.81. The minimum Gasteiger partial charge on any atom is -0.363 e. The van der Waals surface area contributed by atoms with E-state index in [0.717, 1.165) is 12.8 Å². The van der Waals surface area contributed by atoms with Gasteiger partial charge in [0.1, 0.15) is 6.10 Å². The quantitative estimate of drug-likeness (QED) is 0.608. The van der Waals surface area contributed by atoms with E-state index in [1.54, 1.807) is 7.05 Å². The average Bonchev–Trinajstić information content (AvgIpc) is 2.29. The second-order valence-corrected chi connectivity index (χ2v) is 3.52. The fraction of sp³-hybridized carbons (Fsp3) is 0.875. The van der Waals surface area contributed by atoms with Gasteiger partial charge in [-0.3, -0.25) is 4.79 Å². The zero-order valence-corrected chi connectivity index (χ0v) is 7.31. The summed E-state index contributed by atoms with van der Waals surface area (Å²) in [4.78, 5) is 11.1. The molecule has 1 rings (SSSR count). The predicted molar refractivity (Wildman–Crippen MR) is 42.3 cm³/mol. The Morgan fingerprint density at radius 2 is 2.27 bits per heavy atom. The number of hydrogen-bond donors (Lipinski definition) is 1. The Balaban J connectivity index is 2.48. The number of carbonyl (C=O) groups excluding carboxylic acids is 1. The van der Waals surface area contributed by atoms with Crippen LogP contribution in [-0.2, 0) is 9.53 Å². The first-order chi connectivity index (χ1) is 5.05. The molecule has 1 amide bonds. The summed E-state index contributed by atoms with van der Waals surface area (Å²) in [5, 5.41) is 2.58. The molecule has 1 aliphatic rings. The van der Waals surface area contributed by atoms with E-state index >= 15 is 0 Å². The van der Waals surface area contributed by atoms with Crippen LogP contribution in [0, 0.1) is 0 Å². The minimum absolute atomic E-state index is 0.00410. The van der Waals surface area contributed by atoms with E-state index in [1.807, 2.05) is 13.8 Å². The van der Waals surface area contributed by atoms with Crippen molar-refractivity contribution in [2.24, 2.45) is 0 Å². The molecule has 3 heteroatoms. The summed E-state index contributed by atoms with van der Waals surface area (Å²) in [6.45, 7) is 4.02. The summed E-state index contributed by atoms with van der Waals surface area (Å²) in [6.07, 6.45) is 1.58. The van der Waals surface area contributed by atoms with E-state index in [2.05, 4.69) is 5.32 Å². The molecule has 0 spiro atoms. The molecule has 0 aromatic carbocycles. The Morgan fingerprint density at radius 1 is 1.64 bits per heavy atom. The van der Waals surface area contributed by atoms with Crippen molar-refractivity contribution in [1.29, 1.82) is 0 Å². The van der Waals surface area contributed by atoms with E-state index in [9.17, 15) is 4.79 Å². The van der Waals surface area contributed by atoms with Gasteiger partial charge in [0.15, 0.2) is 0 Å². The third-order valence-corrected chi connectivity index (χ3v) is 2.01. The Morgan fingerprint density at radius 3 is 2.64 bits per heavy atom. The fourth-order valence-corrected chi connectivity index (χ4v) is 1.33. The van der Waals surface area contributed by atoms with Crippen molar-refractivity contribution >= 4 is 5.91 Å². The molecule has 0 bridgehead atoms. The van der Waals surface area contributed by atoms with E-state index < -0.39 is 0 Å². The lowest BCUT2D eigenvalue weighted by Gasteiger charge is -2.18. The molecule has 1 fully saturated rings. The van der Waals surface area contributed by atoms with Crippen LogP contribution in [0.25, 0.3) is 0 Å². The van der Waals surface area contributed by atoms with Gasteiger partial charge in [0.05, 0.1) is 5.60 Å². The number of rotatable bonds is 1. The van der Waals surface area contributed by atoms with Crippen LogP contribution < -0.4 is 5.32 Å². The second-order valence-electron chi connectivity index (χ2n) is 3.52. The Hall–Kier alpha value is -0.570. The summed E-state index contributed by atoms with van der Waals surface area (Å²) in [5.41, 5.74) is -0.114. The summed E-state index contributed by atoms with van der Waals surface area (Å²) >= 11 is 0. The first kappa shape index (κ1) is 8.53. The highest BCUT2D eigenvalue weighted by Crippen LogP contribution is 2.29. The van der Waals surface area contributed by atoms with Crippen LogP contribution in [0.2, 0.25) is 0 Å². The van der Waals surface area contributed by atoms with Crippen LogP contribution in [0.5, 0.6) is 0 Å². The van der Waals surface area contributed by atoms with Crippen molar-refractivity contribution < 1.29 is 9.53 Å². The predicted octanol–water partition coefficient (Wildman–Crippen LogP) is 0.690. The molecule has 0 aromatic heterocycles. The Kier molecular flexibility index (Phi) is 2.18. The summed E-state index contributed by atoms with van der Waals surface area (Å²) < 4.78 is 5.49. The number of carbonyl (C=O) groups is 1. The van der Waals surface area contributed by atoms with Gasteiger partial charge in [0.2, 0.25) is 5.91 Å². The first-order valence-electron chi connectivity index (χ1n) is 3.94. The molecule has 1 unspecified atom stereocenters. The molecule has 1 N–H and O–H groups in total. The summed E-state index contributed by atoms with van der Waals surface area (Å²) in [5.74, 6) is -0.00410. The van der Waals surface area contributed by atoms with E-state index in [0.29, 0.717) is 0 Å². The van der Waals surface area contributed by atoms with E-state index in [-0.39, 0.29) is 17.6 Å². The molecular weight excluding hydrogens is 142 g/mol. The van der Waals surface area contributed by atoms with Gasteiger partial charge in [-0.15, -0.1) is 0 Å². The van der Waals surface area contributed by atoms with Crippen LogP contribution in [-0.4, -0.2) is 24.7 Å². The molecule has 3 nitrogen and oxygen atoms in total. The molecule has 0 aliphatic carbocycles. The smallest absolute Gasteiger partial charge is 0.248 e. The van der Waals surface area contributed by atoms with Gasteiger partial charge in [-0.05, 0) is 26.7 Å². The topological polar surface area (TPSA) is 38.3 Å². The van der Waals surface area contributed by atoms with Gasteiger partial charge in [-0.1, -0.05) is 0 Å². The van der Waals surface area contributed by atoms with Crippen LogP contribution >= 0.6 is 0 Å². The lowest BCUT2D eigenvalue weighted by molar-refractivity contribution is -0.134. The average molecular weight is 157 g/mol. The van der Waals surface area contributed by atoms with Gasteiger partial charge < -0.3 is 10.1 Å². The largest absolute Gasteiger partial charge is 0.363 e. The SMILES string of the molecule is CNC(=O)C1CCC(C)(C)O1. The zero-order chi connectivity index (χ0) is 8.48. The highest BCUT2D eigenvalue weighted by molar-refractivity contribution is 5.80. The maximum Gasteiger partial charge on any atom is 0.248 e. The molecule has 1 saturated heterocycles. The molecule has 64 valence electrons. The third kappa shape index (κ3) is 1.93. The Bertz CT molecular complexity index is 165. The number of hydrogen-bond acceptors (Lipinski definition) is 2. The lowest BCUT2D eigenvalue weighted by atomic mass is 10.1. The normalized spacial score (nSPS) is 28.5. The molecule has 1 aliphatic heterocycles. The highest BCUT2D eigenvalue weighted by atomic mass is 16.5. The van der Waals surface area contributed by atoms with Crippen molar-refractivity contribution in [3.05, 3.63) is 0 Å². The molecule has 0 radical (unpaired) electrons. The number of nitrogens with one attached hydrogen (secondary N) is 1. The highest BCUT2D eigenvalue weighted by Gasteiger charge is 2.35. The molecular formula is C8H15NO2. The molecule has 1 heterocycles. The van der Waals surface area contributed by atoms with Gasteiger partial charge >= 0.3 is 0 Å². The first-order valence-corrected chi connectivity index (χ1v) is 3.94. The van der Waals surface area contributed by atoms with E-state index in [4.69, 9.17) is 4.74 Å². The van der Waals surface area contributed by atoms with Crippen LogP contribution in [0.15, 0.2) is 0 Å². The monoisotopic (exact) mass is 157 g/mol. The van der Waals surface area contributed by atoms with Gasteiger partial charge in [-0.2, -0.15) is 0 Å². The molecule has 1 atom stereocenters. The van der Waals surface area contributed by atoms with E-state index in [1.165, 1.54) is 0 Å². The lowest BCUT2D eigenvalue weighted by Crippen LogP contribution is -2.33. The maximum absolute atomic E-state index is 11.1. The van der Waals surface area contributed by atoms with Gasteiger partial charge in [0.25, 0.3) is 0 Å². The van der Waals surface area contributed by atoms with Crippen molar-refractivity contribution in [2.75, 3.05) is 7.05 Å². The van der Waals surface area contributed by atoms with Gasteiger partial charge in [-0.25, -0.2) is 0 Å². The Labute approximate surface area is 67.1 Å². The minimum atomic E-state index is -0.227.